The number of hydrogen-bond donors (Lipinski definition) is 1. The second-order valence-corrected chi connectivity index (χ2v) is 9.21. The van der Waals surface area contributed by atoms with Crippen LogP contribution in [-0.2, 0) is 14.3 Å². The maximum absolute atomic E-state index is 13.6. The number of benzene rings is 2. The zero-order chi connectivity index (χ0) is 24.2. The Morgan fingerprint density at radius 1 is 1.09 bits per heavy atom. The molecule has 0 aliphatic carbocycles. The Bertz CT molecular complexity index is 1060. The Kier molecular flexibility index (Phi) is 7.44. The fourth-order valence-electron chi connectivity index (χ4n) is 4.98. The van der Waals surface area contributed by atoms with E-state index in [0.29, 0.717) is 17.9 Å². The van der Waals surface area contributed by atoms with Crippen LogP contribution >= 0.6 is 0 Å². The van der Waals surface area contributed by atoms with Gasteiger partial charge in [0.1, 0.15) is 24.8 Å². The number of methoxy groups -OCH3 is 1. The van der Waals surface area contributed by atoms with Gasteiger partial charge in [0.25, 0.3) is 5.91 Å². The third-order valence-corrected chi connectivity index (χ3v) is 6.92. The average Bonchev–Trinajstić information content (AvgIpc) is 3.09. The van der Waals surface area contributed by atoms with E-state index >= 15 is 0 Å². The van der Waals surface area contributed by atoms with Gasteiger partial charge in [0.2, 0.25) is 5.78 Å². The molecule has 1 amide bonds. The van der Waals surface area contributed by atoms with Crippen LogP contribution in [0.2, 0.25) is 0 Å². The average molecular weight is 466 g/mol. The molecule has 2 heterocycles. The highest BCUT2D eigenvalue weighted by atomic mass is 16.5. The number of aryl methyl sites for hydroxylation is 2. The van der Waals surface area contributed by atoms with Gasteiger partial charge in [-0.25, -0.2) is 0 Å². The first-order valence-corrected chi connectivity index (χ1v) is 11.9. The lowest BCUT2D eigenvalue weighted by Crippen LogP contribution is -3.14. The summed E-state index contributed by atoms with van der Waals surface area (Å²) in [5, 5.41) is 0. The van der Waals surface area contributed by atoms with E-state index in [0.717, 1.165) is 56.0 Å². The molecule has 2 aliphatic heterocycles. The molecule has 2 saturated heterocycles. The summed E-state index contributed by atoms with van der Waals surface area (Å²) in [6.45, 7) is 8.59. The van der Waals surface area contributed by atoms with Gasteiger partial charge in [-0.15, -0.1) is 0 Å². The minimum Gasteiger partial charge on any atom is -0.496 e. The monoisotopic (exact) mass is 465 g/mol. The maximum Gasteiger partial charge on any atom is 0.291 e. The summed E-state index contributed by atoms with van der Waals surface area (Å²) in [6, 6.07) is 12.3. The zero-order valence-electron chi connectivity index (χ0n) is 20.1. The summed E-state index contributed by atoms with van der Waals surface area (Å²) in [6.07, 6.45) is 0.763. The second kappa shape index (κ2) is 10.5. The molecule has 2 fully saturated rings. The van der Waals surface area contributed by atoms with E-state index in [-0.39, 0.29) is 5.78 Å². The van der Waals surface area contributed by atoms with Crippen molar-refractivity contribution in [2.24, 2.45) is 5.92 Å². The molecule has 2 atom stereocenters. The lowest BCUT2D eigenvalue weighted by atomic mass is 9.85. The summed E-state index contributed by atoms with van der Waals surface area (Å²) >= 11 is 0. The molecule has 0 aromatic heterocycles. The molecular weight excluding hydrogens is 432 g/mol. The minimum atomic E-state index is -1.06. The van der Waals surface area contributed by atoms with E-state index in [2.05, 4.69) is 0 Å². The maximum atomic E-state index is 13.6. The molecule has 0 saturated carbocycles. The number of nitrogens with zero attached hydrogens (tertiary/aromatic N) is 1. The van der Waals surface area contributed by atoms with Gasteiger partial charge in [0.05, 0.1) is 32.9 Å². The van der Waals surface area contributed by atoms with E-state index in [4.69, 9.17) is 9.47 Å². The van der Waals surface area contributed by atoms with Crippen LogP contribution < -0.4 is 9.64 Å². The highest BCUT2D eigenvalue weighted by Gasteiger charge is 2.51. The van der Waals surface area contributed by atoms with Gasteiger partial charge in [-0.1, -0.05) is 29.8 Å². The summed E-state index contributed by atoms with van der Waals surface area (Å²) in [5.74, 6) is -1.89. The van der Waals surface area contributed by atoms with Crippen molar-refractivity contribution < 1.29 is 28.8 Å². The van der Waals surface area contributed by atoms with Crippen LogP contribution in [0.5, 0.6) is 5.75 Å². The molecule has 0 radical (unpaired) electrons. The predicted molar refractivity (Wildman–Crippen MR) is 127 cm³/mol. The number of ether oxygens (including phenoxy) is 2. The van der Waals surface area contributed by atoms with Crippen molar-refractivity contribution in [3.63, 3.8) is 0 Å². The molecule has 0 spiro atoms. The lowest BCUT2D eigenvalue weighted by Gasteiger charge is -2.29. The third-order valence-electron chi connectivity index (χ3n) is 6.92. The van der Waals surface area contributed by atoms with Gasteiger partial charge in [-0.05, 0) is 43.2 Å². The molecule has 34 heavy (non-hydrogen) atoms. The predicted octanol–water partition coefficient (Wildman–Crippen LogP) is 1.57. The zero-order valence-corrected chi connectivity index (χ0v) is 20.1. The molecule has 2 unspecified atom stereocenters. The molecule has 2 aromatic rings. The van der Waals surface area contributed by atoms with E-state index in [1.54, 1.807) is 30.2 Å². The van der Waals surface area contributed by atoms with Gasteiger partial charge in [0, 0.05) is 18.5 Å². The Balaban J connectivity index is 1.61. The van der Waals surface area contributed by atoms with E-state index < -0.39 is 23.7 Å². The minimum absolute atomic E-state index is 0.323. The van der Waals surface area contributed by atoms with Crippen molar-refractivity contribution in [3.8, 4) is 5.75 Å². The number of nitrogens with one attached hydrogen (secondary N) is 1. The number of rotatable bonds is 8. The first-order chi connectivity index (χ1) is 16.4. The number of amides is 1. The fraction of sp³-hybridized carbons (Fsp3) is 0.444. The number of quaternary nitrogens is 1. The Morgan fingerprint density at radius 3 is 2.44 bits per heavy atom. The number of hydrogen-bond acceptors (Lipinski definition) is 5. The van der Waals surface area contributed by atoms with Crippen molar-refractivity contribution in [3.05, 3.63) is 64.7 Å². The van der Waals surface area contributed by atoms with Crippen LogP contribution in [0.4, 0.5) is 0 Å². The SMILES string of the molecule is COc1ccc(C(=O)C2C(=O)C(=O)N(CCC[NH+]3CCOCC3)C2c2ccc(C)cc2)cc1C. The molecule has 0 bridgehead atoms. The number of ketones is 2. The number of Topliss-reactive ketones (excluding diaryl/α,β-unsaturated/α-hetero) is 2. The molecule has 2 aliphatic rings. The largest absolute Gasteiger partial charge is 0.496 e. The summed E-state index contributed by atoms with van der Waals surface area (Å²) in [5.41, 5.74) is 3.12. The van der Waals surface area contributed by atoms with Crippen molar-refractivity contribution in [1.82, 2.24) is 4.90 Å². The van der Waals surface area contributed by atoms with Gasteiger partial charge in [-0.2, -0.15) is 0 Å². The van der Waals surface area contributed by atoms with Crippen LogP contribution in [0.1, 0.15) is 39.5 Å². The highest BCUT2D eigenvalue weighted by molar-refractivity contribution is 6.44. The topological polar surface area (TPSA) is 77.4 Å². The van der Waals surface area contributed by atoms with Gasteiger partial charge < -0.3 is 19.3 Å². The van der Waals surface area contributed by atoms with E-state index in [9.17, 15) is 14.4 Å². The molecule has 7 heteroatoms. The summed E-state index contributed by atoms with van der Waals surface area (Å²) in [7, 11) is 1.58. The smallest absolute Gasteiger partial charge is 0.291 e. The van der Waals surface area contributed by atoms with Gasteiger partial charge in [0.15, 0.2) is 5.78 Å². The number of carbonyl (C=O) groups is 3. The standard InChI is InChI=1S/C27H32N2O5/c1-18-5-7-20(8-6-18)24-23(25(30)21-9-10-22(33-3)19(2)17-21)26(31)27(32)29(24)12-4-11-28-13-15-34-16-14-28/h5-10,17,23-24H,4,11-16H2,1-3H3/p+1. The number of morpholine rings is 1. The van der Waals surface area contributed by atoms with Crippen LogP contribution in [-0.4, -0.2) is 68.9 Å². The normalized spacial score (nSPS) is 21.2. The van der Waals surface area contributed by atoms with Crippen LogP contribution in [0.3, 0.4) is 0 Å². The third kappa shape index (κ3) is 4.91. The Morgan fingerprint density at radius 2 is 1.79 bits per heavy atom. The first-order valence-electron chi connectivity index (χ1n) is 11.9. The summed E-state index contributed by atoms with van der Waals surface area (Å²) < 4.78 is 10.7. The van der Waals surface area contributed by atoms with Gasteiger partial charge in [-0.3, -0.25) is 14.4 Å². The van der Waals surface area contributed by atoms with Crippen LogP contribution in [0, 0.1) is 19.8 Å². The molecule has 7 nitrogen and oxygen atoms in total. The lowest BCUT2D eigenvalue weighted by molar-refractivity contribution is -0.908. The van der Waals surface area contributed by atoms with Crippen molar-refractivity contribution in [2.45, 2.75) is 26.3 Å². The van der Waals surface area contributed by atoms with Crippen molar-refractivity contribution >= 4 is 17.5 Å². The first kappa shape index (κ1) is 24.1. The van der Waals surface area contributed by atoms with Gasteiger partial charge >= 0.3 is 0 Å². The van der Waals surface area contributed by atoms with Crippen molar-refractivity contribution in [2.75, 3.05) is 46.5 Å². The van der Waals surface area contributed by atoms with E-state index in [1.165, 1.54) is 4.90 Å². The Hall–Kier alpha value is -3.03. The molecular formula is C27H33N2O5+. The quantitative estimate of drug-likeness (QED) is 0.364. The number of carbonyl (C=O) groups excluding carboxylic acids is 3. The molecule has 180 valence electrons. The second-order valence-electron chi connectivity index (χ2n) is 9.21. The number of likely N-dealkylation sites (tertiary alicyclic amines) is 1. The summed E-state index contributed by atoms with van der Waals surface area (Å²) in [4.78, 5) is 43.0. The fourth-order valence-corrected chi connectivity index (χ4v) is 4.98. The van der Waals surface area contributed by atoms with Crippen LogP contribution in [0.25, 0.3) is 0 Å². The highest BCUT2D eigenvalue weighted by Crippen LogP contribution is 2.38. The molecule has 1 N–H and O–H groups in total. The Labute approximate surface area is 200 Å². The van der Waals surface area contributed by atoms with E-state index in [1.807, 2.05) is 38.1 Å². The molecule has 4 rings (SSSR count). The van der Waals surface area contributed by atoms with Crippen LogP contribution in [0.15, 0.2) is 42.5 Å². The molecule has 2 aromatic carbocycles. The van der Waals surface area contributed by atoms with Crippen molar-refractivity contribution in [1.29, 1.82) is 0 Å².